The molecule has 1 N–H and O–H groups in total. The lowest BCUT2D eigenvalue weighted by atomic mass is 10.1. The van der Waals surface area contributed by atoms with Crippen LogP contribution in [-0.4, -0.2) is 14.8 Å². The highest BCUT2D eigenvalue weighted by atomic mass is 19.1. The van der Waals surface area contributed by atoms with Gasteiger partial charge in [-0.1, -0.05) is 0 Å². The molecular formula is C14H17FN4. The van der Waals surface area contributed by atoms with Crippen LogP contribution in [0.15, 0.2) is 18.2 Å². The SMILES string of the molecule is Cc1cc(F)cc(NCc2nnc3n2CCCC3)c1. The van der Waals surface area contributed by atoms with Crippen molar-refractivity contribution in [3.63, 3.8) is 0 Å². The summed E-state index contributed by atoms with van der Waals surface area (Å²) >= 11 is 0. The first-order valence-electron chi connectivity index (χ1n) is 6.64. The van der Waals surface area contributed by atoms with Crippen LogP contribution in [-0.2, 0) is 19.5 Å². The summed E-state index contributed by atoms with van der Waals surface area (Å²) in [4.78, 5) is 0. The van der Waals surface area contributed by atoms with Crippen molar-refractivity contribution in [1.29, 1.82) is 0 Å². The van der Waals surface area contributed by atoms with Crippen LogP contribution in [0.5, 0.6) is 0 Å². The molecule has 2 aromatic rings. The van der Waals surface area contributed by atoms with Crippen LogP contribution < -0.4 is 5.32 Å². The molecule has 0 amide bonds. The summed E-state index contributed by atoms with van der Waals surface area (Å²) in [5.41, 5.74) is 1.69. The second kappa shape index (κ2) is 4.99. The van der Waals surface area contributed by atoms with E-state index in [0.717, 1.165) is 35.9 Å². The summed E-state index contributed by atoms with van der Waals surface area (Å²) in [7, 11) is 0. The second-order valence-corrected chi connectivity index (χ2v) is 5.01. The average Bonchev–Trinajstić information content (AvgIpc) is 2.78. The van der Waals surface area contributed by atoms with E-state index in [1.165, 1.54) is 25.0 Å². The molecule has 4 nitrogen and oxygen atoms in total. The molecule has 100 valence electrons. The molecular weight excluding hydrogens is 243 g/mol. The summed E-state index contributed by atoms with van der Waals surface area (Å²) in [6.07, 6.45) is 3.37. The van der Waals surface area contributed by atoms with Crippen molar-refractivity contribution in [3.8, 4) is 0 Å². The van der Waals surface area contributed by atoms with Crippen LogP contribution in [0, 0.1) is 12.7 Å². The maximum absolute atomic E-state index is 13.3. The molecule has 2 heterocycles. The zero-order valence-corrected chi connectivity index (χ0v) is 11.0. The quantitative estimate of drug-likeness (QED) is 0.922. The number of nitrogens with one attached hydrogen (secondary N) is 1. The molecule has 1 aliphatic heterocycles. The predicted octanol–water partition coefficient (Wildman–Crippen LogP) is 2.67. The molecule has 1 aliphatic rings. The van der Waals surface area contributed by atoms with E-state index in [1.807, 2.05) is 13.0 Å². The van der Waals surface area contributed by atoms with Crippen molar-refractivity contribution in [2.75, 3.05) is 5.32 Å². The molecule has 0 saturated heterocycles. The summed E-state index contributed by atoms with van der Waals surface area (Å²) < 4.78 is 15.5. The van der Waals surface area contributed by atoms with Crippen LogP contribution in [0.1, 0.15) is 30.1 Å². The molecule has 0 bridgehead atoms. The Kier molecular flexibility index (Phi) is 3.19. The van der Waals surface area contributed by atoms with Gasteiger partial charge in [-0.25, -0.2) is 4.39 Å². The van der Waals surface area contributed by atoms with Crippen LogP contribution >= 0.6 is 0 Å². The summed E-state index contributed by atoms with van der Waals surface area (Å²) in [5.74, 6) is 1.78. The Morgan fingerprint density at radius 2 is 2.16 bits per heavy atom. The number of nitrogens with zero attached hydrogens (tertiary/aromatic N) is 3. The smallest absolute Gasteiger partial charge is 0.152 e. The van der Waals surface area contributed by atoms with Crippen molar-refractivity contribution in [2.45, 2.75) is 39.3 Å². The van der Waals surface area contributed by atoms with Gasteiger partial charge in [-0.15, -0.1) is 10.2 Å². The van der Waals surface area contributed by atoms with E-state index >= 15 is 0 Å². The zero-order valence-electron chi connectivity index (χ0n) is 11.0. The first-order valence-corrected chi connectivity index (χ1v) is 6.64. The molecule has 0 aliphatic carbocycles. The summed E-state index contributed by atoms with van der Waals surface area (Å²) in [6, 6.07) is 4.95. The van der Waals surface area contributed by atoms with Crippen molar-refractivity contribution < 1.29 is 4.39 Å². The number of rotatable bonds is 3. The fourth-order valence-corrected chi connectivity index (χ4v) is 2.52. The minimum atomic E-state index is -0.217. The molecule has 0 radical (unpaired) electrons. The fourth-order valence-electron chi connectivity index (χ4n) is 2.52. The third-order valence-corrected chi connectivity index (χ3v) is 3.43. The third kappa shape index (κ3) is 2.59. The van der Waals surface area contributed by atoms with Gasteiger partial charge in [-0.05, 0) is 43.5 Å². The number of fused-ring (bicyclic) bond motifs is 1. The maximum atomic E-state index is 13.3. The Bertz CT molecular complexity index is 571. The van der Waals surface area contributed by atoms with Crippen molar-refractivity contribution in [3.05, 3.63) is 41.2 Å². The molecule has 19 heavy (non-hydrogen) atoms. The van der Waals surface area contributed by atoms with Crippen molar-refractivity contribution in [1.82, 2.24) is 14.8 Å². The molecule has 0 unspecified atom stereocenters. The van der Waals surface area contributed by atoms with Gasteiger partial charge >= 0.3 is 0 Å². The maximum Gasteiger partial charge on any atom is 0.152 e. The number of hydrogen-bond donors (Lipinski definition) is 1. The molecule has 1 aromatic heterocycles. The first kappa shape index (κ1) is 12.1. The van der Waals surface area contributed by atoms with E-state index in [1.54, 1.807) is 0 Å². The fraction of sp³-hybridized carbons (Fsp3) is 0.429. The normalized spacial score (nSPS) is 14.2. The standard InChI is InChI=1S/C14H17FN4/c1-10-6-11(15)8-12(7-10)16-9-14-18-17-13-4-2-3-5-19(13)14/h6-8,16H,2-5,9H2,1H3. The van der Waals surface area contributed by atoms with Gasteiger partial charge in [0.2, 0.25) is 0 Å². The van der Waals surface area contributed by atoms with E-state index in [2.05, 4.69) is 20.1 Å². The highest BCUT2D eigenvalue weighted by Gasteiger charge is 2.15. The lowest BCUT2D eigenvalue weighted by Crippen LogP contribution is -2.15. The Hall–Kier alpha value is -1.91. The van der Waals surface area contributed by atoms with Gasteiger partial charge in [-0.3, -0.25) is 0 Å². The van der Waals surface area contributed by atoms with Crippen molar-refractivity contribution >= 4 is 5.69 Å². The van der Waals surface area contributed by atoms with E-state index in [4.69, 9.17) is 0 Å². The highest BCUT2D eigenvalue weighted by molar-refractivity contribution is 5.46. The summed E-state index contributed by atoms with van der Waals surface area (Å²) in [6.45, 7) is 3.45. The number of hydrogen-bond acceptors (Lipinski definition) is 3. The highest BCUT2D eigenvalue weighted by Crippen LogP contribution is 2.17. The lowest BCUT2D eigenvalue weighted by Gasteiger charge is -2.15. The van der Waals surface area contributed by atoms with Gasteiger partial charge in [0.05, 0.1) is 6.54 Å². The topological polar surface area (TPSA) is 42.7 Å². The van der Waals surface area contributed by atoms with E-state index in [9.17, 15) is 4.39 Å². The van der Waals surface area contributed by atoms with Crippen LogP contribution in [0.25, 0.3) is 0 Å². The van der Waals surface area contributed by atoms with Gasteiger partial charge < -0.3 is 9.88 Å². The molecule has 1 aromatic carbocycles. The van der Waals surface area contributed by atoms with Gasteiger partial charge in [0.25, 0.3) is 0 Å². The first-order chi connectivity index (χ1) is 9.22. The predicted molar refractivity (Wildman–Crippen MR) is 71.4 cm³/mol. The van der Waals surface area contributed by atoms with Gasteiger partial charge in [-0.2, -0.15) is 0 Å². The Morgan fingerprint density at radius 3 is 3.00 bits per heavy atom. The monoisotopic (exact) mass is 260 g/mol. The van der Waals surface area contributed by atoms with Gasteiger partial charge in [0, 0.05) is 18.7 Å². The third-order valence-electron chi connectivity index (χ3n) is 3.43. The van der Waals surface area contributed by atoms with Gasteiger partial charge in [0.15, 0.2) is 5.82 Å². The zero-order chi connectivity index (χ0) is 13.2. The lowest BCUT2D eigenvalue weighted by molar-refractivity contribution is 0.510. The number of halogens is 1. The largest absolute Gasteiger partial charge is 0.378 e. The second-order valence-electron chi connectivity index (χ2n) is 5.01. The molecule has 0 spiro atoms. The Balaban J connectivity index is 1.74. The minimum Gasteiger partial charge on any atom is -0.378 e. The number of aryl methyl sites for hydroxylation is 2. The number of anilines is 1. The van der Waals surface area contributed by atoms with E-state index in [0.29, 0.717) is 6.54 Å². The van der Waals surface area contributed by atoms with E-state index < -0.39 is 0 Å². The van der Waals surface area contributed by atoms with E-state index in [-0.39, 0.29) is 5.82 Å². The molecule has 0 atom stereocenters. The van der Waals surface area contributed by atoms with Crippen LogP contribution in [0.3, 0.4) is 0 Å². The number of aromatic nitrogens is 3. The molecule has 0 fully saturated rings. The minimum absolute atomic E-state index is 0.217. The van der Waals surface area contributed by atoms with Gasteiger partial charge in [0.1, 0.15) is 11.6 Å². The molecule has 5 heteroatoms. The summed E-state index contributed by atoms with van der Waals surface area (Å²) in [5, 5.41) is 11.6. The molecule has 0 saturated carbocycles. The Labute approximate surface area is 111 Å². The van der Waals surface area contributed by atoms with Crippen molar-refractivity contribution in [2.24, 2.45) is 0 Å². The van der Waals surface area contributed by atoms with Crippen LogP contribution in [0.4, 0.5) is 10.1 Å². The van der Waals surface area contributed by atoms with Crippen LogP contribution in [0.2, 0.25) is 0 Å². The molecule has 3 rings (SSSR count). The number of benzene rings is 1. The average molecular weight is 260 g/mol. The Morgan fingerprint density at radius 1 is 1.26 bits per heavy atom.